The molecule has 0 aliphatic carbocycles. The molecule has 3 nitrogen and oxygen atoms in total. The second-order valence-corrected chi connectivity index (χ2v) is 2.83. The van der Waals surface area contributed by atoms with Gasteiger partial charge >= 0.3 is 9.05 Å². The predicted octanol–water partition coefficient (Wildman–Crippen LogP) is 0.365. The quantitative estimate of drug-likeness (QED) is 0.569. The van der Waals surface area contributed by atoms with E-state index in [1.165, 1.54) is 0 Å². The Bertz CT molecular complexity index is 114. The summed E-state index contributed by atoms with van der Waals surface area (Å²) in [4.78, 5) is 0. The van der Waals surface area contributed by atoms with Gasteiger partial charge in [-0.25, -0.2) is 0 Å². The van der Waals surface area contributed by atoms with Crippen molar-refractivity contribution in [2.75, 3.05) is 0 Å². The smallest absolute Gasteiger partial charge is 0.193 e. The first-order valence-electron chi connectivity index (χ1n) is 0.975. The molecule has 44 valence electrons. The van der Waals surface area contributed by atoms with Crippen LogP contribution >= 0.6 is 0 Å². The van der Waals surface area contributed by atoms with E-state index < -0.39 is 9.05 Å². The standard InChI is InChI=1S/F2O3S2/c1-4-7(3,6)5-2. The third-order valence-corrected chi connectivity index (χ3v) is 0.772. The lowest BCUT2D eigenvalue weighted by Crippen LogP contribution is -1.94. The van der Waals surface area contributed by atoms with E-state index in [0.29, 0.717) is 0 Å². The number of halogens is 2. The van der Waals surface area contributed by atoms with Crippen LogP contribution in [0.25, 0.3) is 0 Å². The van der Waals surface area contributed by atoms with Gasteiger partial charge in [0.05, 0.1) is 0 Å². The Labute approximate surface area is 43.1 Å². The lowest BCUT2D eigenvalue weighted by molar-refractivity contribution is -0.0635. The Hall–Kier alpha value is 0.150. The van der Waals surface area contributed by atoms with E-state index in [1.54, 1.807) is 0 Å². The topological polar surface area (TPSA) is 35.5 Å². The van der Waals surface area contributed by atoms with Gasteiger partial charge in [0.25, 0.3) is 0 Å². The van der Waals surface area contributed by atoms with Crippen LogP contribution < -0.4 is 0 Å². The van der Waals surface area contributed by atoms with Gasteiger partial charge in [0, 0.05) is 11.2 Å². The van der Waals surface area contributed by atoms with Crippen LogP contribution in [0.2, 0.25) is 0 Å². The van der Waals surface area contributed by atoms with Crippen LogP contribution in [0.5, 0.6) is 0 Å². The molecule has 0 saturated heterocycles. The van der Waals surface area contributed by atoms with Crippen LogP contribution in [0.1, 0.15) is 0 Å². The molecule has 0 rings (SSSR count). The third-order valence-electron chi connectivity index (χ3n) is 0.154. The Kier molecular flexibility index (Phi) is 2.51. The zero-order valence-electron chi connectivity index (χ0n) is 2.80. The molecule has 7 heteroatoms. The first-order valence-corrected chi connectivity index (χ1v) is 3.31. The van der Waals surface area contributed by atoms with Crippen molar-refractivity contribution in [2.24, 2.45) is 0 Å². The summed E-state index contributed by atoms with van der Waals surface area (Å²) >= 11 is 3.48. The molecule has 0 aliphatic rings. The van der Waals surface area contributed by atoms with Crippen molar-refractivity contribution >= 4 is 20.2 Å². The molecule has 0 N–H and O–H groups in total. The highest BCUT2D eigenvalue weighted by molar-refractivity contribution is 8.27. The fourth-order valence-corrected chi connectivity index (χ4v) is 0.0292. The highest BCUT2D eigenvalue weighted by atomic mass is 32.9. The molecule has 0 radical (unpaired) electrons. The third kappa shape index (κ3) is 2.80. The average molecular weight is 150 g/mol. The molecule has 0 aromatic rings. The summed E-state index contributed by atoms with van der Waals surface area (Å²) in [6.45, 7) is 0. The number of hydrogen-bond donors (Lipinski definition) is 0. The van der Waals surface area contributed by atoms with Crippen LogP contribution in [-0.2, 0) is 29.0 Å². The summed E-state index contributed by atoms with van der Waals surface area (Å²) in [5.41, 5.74) is 0. The summed E-state index contributed by atoms with van der Waals surface area (Å²) in [5, 5.41) is 0. The fourth-order valence-electron chi connectivity index (χ4n) is 0.00972. The molecular weight excluding hydrogens is 150 g/mol. The number of hydrogen-bond acceptors (Lipinski definition) is 4. The van der Waals surface area contributed by atoms with Crippen LogP contribution in [0, 0.1) is 0 Å². The highest BCUT2D eigenvalue weighted by Crippen LogP contribution is 1.95. The first kappa shape index (κ1) is 7.15. The van der Waals surface area contributed by atoms with E-state index in [-0.39, 0.29) is 0 Å². The van der Waals surface area contributed by atoms with Crippen LogP contribution in [-0.4, -0.2) is 4.21 Å². The Morgan fingerprint density at radius 3 is 1.71 bits per heavy atom. The van der Waals surface area contributed by atoms with E-state index in [1.807, 2.05) is 0 Å². The molecular formula is F2O3S2. The monoisotopic (exact) mass is 150 g/mol. The van der Waals surface area contributed by atoms with Gasteiger partial charge in [-0.1, -0.05) is 8.78 Å². The van der Waals surface area contributed by atoms with Gasteiger partial charge in [-0.15, -0.1) is 0 Å². The van der Waals surface area contributed by atoms with Gasteiger partial charge in [-0.05, 0) is 9.05 Å². The van der Waals surface area contributed by atoms with E-state index >= 15 is 0 Å². The van der Waals surface area contributed by atoms with Gasteiger partial charge in [0.15, 0.2) is 0 Å². The second-order valence-electron chi connectivity index (χ2n) is 0.534. The molecule has 0 amide bonds. The maximum Gasteiger partial charge on any atom is 0.330 e. The van der Waals surface area contributed by atoms with Crippen LogP contribution in [0.3, 0.4) is 0 Å². The first-order chi connectivity index (χ1) is 3.12. The summed E-state index contributed by atoms with van der Waals surface area (Å²) in [7, 11) is -4.16. The Morgan fingerprint density at radius 1 is 1.43 bits per heavy atom. The summed E-state index contributed by atoms with van der Waals surface area (Å²) < 4.78 is 35.3. The lowest BCUT2D eigenvalue weighted by atomic mass is 15.6. The normalized spacial score (nSPS) is 11.7. The van der Waals surface area contributed by atoms with Gasteiger partial charge in [0.1, 0.15) is 0 Å². The van der Waals surface area contributed by atoms with Crippen molar-refractivity contribution in [2.45, 2.75) is 0 Å². The molecule has 0 unspecified atom stereocenters. The van der Waals surface area contributed by atoms with Gasteiger partial charge in [-0.2, -0.15) is 4.21 Å². The van der Waals surface area contributed by atoms with E-state index in [4.69, 9.17) is 0 Å². The summed E-state index contributed by atoms with van der Waals surface area (Å²) in [6, 6.07) is 0. The fraction of sp³-hybridized carbons (Fsp3) is 0. The van der Waals surface area contributed by atoms with E-state index in [9.17, 15) is 13.3 Å². The van der Waals surface area contributed by atoms with Crippen molar-refractivity contribution in [3.05, 3.63) is 0 Å². The van der Waals surface area contributed by atoms with Gasteiger partial charge < -0.3 is 0 Å². The molecule has 0 fully saturated rings. The minimum absolute atomic E-state index is 2.33. The largest absolute Gasteiger partial charge is 0.330 e. The summed E-state index contributed by atoms with van der Waals surface area (Å²) in [5.74, 6) is 0. The maximum absolute atomic E-state index is 10.5. The average Bonchev–Trinajstić information content (AvgIpc) is 1.68. The zero-order chi connectivity index (χ0) is 5.91. The second kappa shape index (κ2) is 2.46. The van der Waals surface area contributed by atoms with Crippen molar-refractivity contribution in [1.29, 1.82) is 0 Å². The molecule has 0 aromatic carbocycles. The molecule has 7 heavy (non-hydrogen) atoms. The minimum Gasteiger partial charge on any atom is -0.193 e. The Balaban J connectivity index is 3.89. The SMILES string of the molecule is O=S(=S)(OF)OF. The summed E-state index contributed by atoms with van der Waals surface area (Å²) in [6.07, 6.45) is 0. The molecule has 0 spiro atoms. The lowest BCUT2D eigenvalue weighted by Gasteiger charge is -1.85. The van der Waals surface area contributed by atoms with E-state index in [2.05, 4.69) is 20.0 Å². The molecule has 0 bridgehead atoms. The number of rotatable bonds is 2. The van der Waals surface area contributed by atoms with Gasteiger partial charge in [0.2, 0.25) is 0 Å². The molecule has 0 saturated carbocycles. The van der Waals surface area contributed by atoms with Crippen molar-refractivity contribution in [3.8, 4) is 0 Å². The predicted molar refractivity (Wildman–Crippen MR) is 19.9 cm³/mol. The van der Waals surface area contributed by atoms with Crippen LogP contribution in [0.4, 0.5) is 9.05 Å². The van der Waals surface area contributed by atoms with Crippen molar-refractivity contribution in [3.63, 3.8) is 0 Å². The minimum atomic E-state index is -4.16. The molecule has 0 heterocycles. The van der Waals surface area contributed by atoms with Crippen molar-refractivity contribution < 1.29 is 22.0 Å². The molecule has 0 atom stereocenters. The zero-order valence-corrected chi connectivity index (χ0v) is 4.43. The van der Waals surface area contributed by atoms with Gasteiger partial charge in [-0.3, -0.25) is 0 Å². The highest BCUT2D eigenvalue weighted by Gasteiger charge is 2.04. The molecule has 0 aliphatic heterocycles. The maximum atomic E-state index is 10.5. The van der Waals surface area contributed by atoms with Crippen molar-refractivity contribution in [1.82, 2.24) is 0 Å². The van der Waals surface area contributed by atoms with E-state index in [0.717, 1.165) is 0 Å². The molecule has 0 aromatic heterocycles. The van der Waals surface area contributed by atoms with Crippen LogP contribution in [0.15, 0.2) is 0 Å². The Morgan fingerprint density at radius 2 is 1.71 bits per heavy atom.